The molecule has 0 radical (unpaired) electrons. The third-order valence-electron chi connectivity index (χ3n) is 4.38. The molecule has 0 bridgehead atoms. The van der Waals surface area contributed by atoms with Crippen LogP contribution in [0.1, 0.15) is 41.8 Å². The van der Waals surface area contributed by atoms with Gasteiger partial charge >= 0.3 is 0 Å². The first-order valence-corrected chi connectivity index (χ1v) is 10.5. The molecule has 0 heterocycles. The number of hydrazine groups is 1. The van der Waals surface area contributed by atoms with Crippen LogP contribution in [0.25, 0.3) is 0 Å². The number of benzene rings is 2. The fourth-order valence-electron chi connectivity index (χ4n) is 2.71. The molecule has 0 fully saturated rings. The summed E-state index contributed by atoms with van der Waals surface area (Å²) in [6, 6.07) is 12.7. The van der Waals surface area contributed by atoms with Crippen molar-refractivity contribution in [2.45, 2.75) is 34.1 Å². The fourth-order valence-corrected chi connectivity index (χ4v) is 2.86. The van der Waals surface area contributed by atoms with E-state index in [-0.39, 0.29) is 11.7 Å². The standard InChI is InChI=1S/C23H29N3O4S/c1-15(2)12-13-29-19-11-6-5-10-18(19)22(28)24-23(31)26-25-20(27)14-30-21-16(3)8-7-9-17(21)4/h5-11,15H,12-14H2,1-4H3,(H,25,27)(H2,24,26,28,31). The Morgan fingerprint density at radius 1 is 0.968 bits per heavy atom. The summed E-state index contributed by atoms with van der Waals surface area (Å²) in [6.45, 7) is 8.35. The van der Waals surface area contributed by atoms with Gasteiger partial charge in [-0.3, -0.25) is 25.8 Å². The number of rotatable bonds is 8. The number of hydrogen-bond donors (Lipinski definition) is 3. The molecular weight excluding hydrogens is 414 g/mol. The fraction of sp³-hybridized carbons (Fsp3) is 0.348. The van der Waals surface area contributed by atoms with E-state index >= 15 is 0 Å². The van der Waals surface area contributed by atoms with Gasteiger partial charge in [-0.05, 0) is 61.7 Å². The van der Waals surface area contributed by atoms with Crippen molar-refractivity contribution in [1.29, 1.82) is 0 Å². The van der Waals surface area contributed by atoms with Gasteiger partial charge < -0.3 is 9.47 Å². The Morgan fingerprint density at radius 3 is 2.32 bits per heavy atom. The van der Waals surface area contributed by atoms with E-state index in [0.29, 0.717) is 29.6 Å². The number of ether oxygens (including phenoxy) is 2. The molecule has 31 heavy (non-hydrogen) atoms. The van der Waals surface area contributed by atoms with Crippen molar-refractivity contribution in [1.82, 2.24) is 16.2 Å². The Morgan fingerprint density at radius 2 is 1.65 bits per heavy atom. The molecule has 3 N–H and O–H groups in total. The number of aryl methyl sites for hydroxylation is 2. The maximum absolute atomic E-state index is 12.5. The van der Waals surface area contributed by atoms with Gasteiger partial charge in [0.25, 0.3) is 11.8 Å². The maximum Gasteiger partial charge on any atom is 0.276 e. The highest BCUT2D eigenvalue weighted by molar-refractivity contribution is 7.80. The van der Waals surface area contributed by atoms with Crippen molar-refractivity contribution in [3.05, 3.63) is 59.2 Å². The smallest absolute Gasteiger partial charge is 0.276 e. The first kappa shape index (κ1) is 24.1. The zero-order valence-corrected chi connectivity index (χ0v) is 19.1. The van der Waals surface area contributed by atoms with E-state index < -0.39 is 11.8 Å². The zero-order valence-electron chi connectivity index (χ0n) is 18.3. The van der Waals surface area contributed by atoms with Crippen LogP contribution in [0.4, 0.5) is 0 Å². The Labute approximate surface area is 188 Å². The topological polar surface area (TPSA) is 88.7 Å². The monoisotopic (exact) mass is 443 g/mol. The second-order valence-electron chi connectivity index (χ2n) is 7.49. The summed E-state index contributed by atoms with van der Waals surface area (Å²) < 4.78 is 11.3. The predicted molar refractivity (Wildman–Crippen MR) is 124 cm³/mol. The largest absolute Gasteiger partial charge is 0.493 e. The van der Waals surface area contributed by atoms with Gasteiger partial charge in [-0.2, -0.15) is 0 Å². The van der Waals surface area contributed by atoms with Gasteiger partial charge in [0.05, 0.1) is 12.2 Å². The normalized spacial score (nSPS) is 10.4. The lowest BCUT2D eigenvalue weighted by Gasteiger charge is -2.15. The first-order chi connectivity index (χ1) is 14.8. The molecule has 0 spiro atoms. The van der Waals surface area contributed by atoms with Crippen LogP contribution in [-0.4, -0.2) is 30.1 Å². The van der Waals surface area contributed by atoms with Crippen molar-refractivity contribution in [2.24, 2.45) is 5.92 Å². The van der Waals surface area contributed by atoms with Crippen molar-refractivity contribution in [3.8, 4) is 11.5 Å². The molecule has 0 aliphatic heterocycles. The molecule has 0 atom stereocenters. The van der Waals surface area contributed by atoms with Crippen molar-refractivity contribution >= 4 is 29.1 Å². The molecule has 0 saturated heterocycles. The molecule has 7 nitrogen and oxygen atoms in total. The van der Waals surface area contributed by atoms with Gasteiger partial charge in [0.1, 0.15) is 11.5 Å². The number of para-hydroxylation sites is 2. The second kappa shape index (κ2) is 11.9. The molecular formula is C23H29N3O4S. The maximum atomic E-state index is 12.5. The summed E-state index contributed by atoms with van der Waals surface area (Å²) >= 11 is 5.09. The Bertz CT molecular complexity index is 911. The Hall–Kier alpha value is -3.13. The van der Waals surface area contributed by atoms with Crippen molar-refractivity contribution in [2.75, 3.05) is 13.2 Å². The van der Waals surface area contributed by atoms with Crippen LogP contribution in [0.5, 0.6) is 11.5 Å². The summed E-state index contributed by atoms with van der Waals surface area (Å²) in [7, 11) is 0. The SMILES string of the molecule is Cc1cccc(C)c1OCC(=O)NNC(=S)NC(=O)c1ccccc1OCCC(C)C. The van der Waals surface area contributed by atoms with Gasteiger partial charge in [-0.15, -0.1) is 0 Å². The lowest BCUT2D eigenvalue weighted by atomic mass is 10.1. The van der Waals surface area contributed by atoms with Crippen molar-refractivity contribution in [3.63, 3.8) is 0 Å². The molecule has 0 saturated carbocycles. The first-order valence-electron chi connectivity index (χ1n) is 10.1. The van der Waals surface area contributed by atoms with Gasteiger partial charge in [-0.25, -0.2) is 0 Å². The minimum absolute atomic E-state index is 0.0394. The third-order valence-corrected chi connectivity index (χ3v) is 4.59. The third kappa shape index (κ3) is 7.90. The molecule has 8 heteroatoms. The molecule has 0 unspecified atom stereocenters. The molecule has 2 rings (SSSR count). The average molecular weight is 444 g/mol. The molecule has 0 aliphatic carbocycles. The number of hydrogen-bond acceptors (Lipinski definition) is 5. The van der Waals surface area contributed by atoms with E-state index in [4.69, 9.17) is 21.7 Å². The summed E-state index contributed by atoms with van der Waals surface area (Å²) in [6.07, 6.45) is 0.881. The highest BCUT2D eigenvalue weighted by Gasteiger charge is 2.14. The lowest BCUT2D eigenvalue weighted by Crippen LogP contribution is -2.49. The summed E-state index contributed by atoms with van der Waals surface area (Å²) in [5, 5.41) is 2.49. The van der Waals surface area contributed by atoms with Crippen LogP contribution in [0.15, 0.2) is 42.5 Å². The highest BCUT2D eigenvalue weighted by atomic mass is 32.1. The van der Waals surface area contributed by atoms with Gasteiger partial charge in [-0.1, -0.05) is 44.2 Å². The van der Waals surface area contributed by atoms with E-state index in [2.05, 4.69) is 30.0 Å². The molecule has 2 aromatic rings. The molecule has 0 aliphatic rings. The van der Waals surface area contributed by atoms with Crippen LogP contribution in [0.2, 0.25) is 0 Å². The minimum Gasteiger partial charge on any atom is -0.493 e. The van der Waals surface area contributed by atoms with Crippen LogP contribution < -0.4 is 25.6 Å². The van der Waals surface area contributed by atoms with Crippen LogP contribution in [-0.2, 0) is 4.79 Å². The molecule has 0 aromatic heterocycles. The quantitative estimate of drug-likeness (QED) is 0.428. The zero-order chi connectivity index (χ0) is 22.8. The minimum atomic E-state index is -0.434. The number of carbonyl (C=O) groups excluding carboxylic acids is 2. The predicted octanol–water partition coefficient (Wildman–Crippen LogP) is 3.44. The van der Waals surface area contributed by atoms with E-state index in [1.165, 1.54) is 0 Å². The number of thiocarbonyl (C=S) groups is 1. The van der Waals surface area contributed by atoms with E-state index in [9.17, 15) is 9.59 Å². The molecule has 166 valence electrons. The van der Waals surface area contributed by atoms with Gasteiger partial charge in [0.15, 0.2) is 11.7 Å². The number of carbonyl (C=O) groups is 2. The van der Waals surface area contributed by atoms with Crippen molar-refractivity contribution < 1.29 is 19.1 Å². The molecule has 2 amide bonds. The summed E-state index contributed by atoms with van der Waals surface area (Å²) in [4.78, 5) is 24.6. The average Bonchev–Trinajstić information content (AvgIpc) is 2.72. The lowest BCUT2D eigenvalue weighted by molar-refractivity contribution is -0.123. The number of amides is 2. The van der Waals surface area contributed by atoms with Gasteiger partial charge in [0, 0.05) is 0 Å². The van der Waals surface area contributed by atoms with Crippen LogP contribution in [0.3, 0.4) is 0 Å². The van der Waals surface area contributed by atoms with E-state index in [1.807, 2.05) is 32.0 Å². The molecule has 2 aromatic carbocycles. The van der Waals surface area contributed by atoms with E-state index in [1.54, 1.807) is 24.3 Å². The second-order valence-corrected chi connectivity index (χ2v) is 7.90. The number of nitrogens with one attached hydrogen (secondary N) is 3. The van der Waals surface area contributed by atoms with Gasteiger partial charge in [0.2, 0.25) is 0 Å². The summed E-state index contributed by atoms with van der Waals surface area (Å²) in [5.74, 6) is 0.785. The Balaban J connectivity index is 1.82. The van der Waals surface area contributed by atoms with Crippen LogP contribution >= 0.6 is 12.2 Å². The highest BCUT2D eigenvalue weighted by Crippen LogP contribution is 2.22. The summed E-state index contributed by atoms with van der Waals surface area (Å²) in [5.41, 5.74) is 7.16. The van der Waals surface area contributed by atoms with E-state index in [0.717, 1.165) is 17.5 Å². The van der Waals surface area contributed by atoms with Crippen LogP contribution in [0, 0.1) is 19.8 Å². The Kier molecular flexibility index (Phi) is 9.27.